The predicted molar refractivity (Wildman–Crippen MR) is 36.4 cm³/mol. The van der Waals surface area contributed by atoms with Crippen molar-refractivity contribution in [3.8, 4) is 12.3 Å². The summed E-state index contributed by atoms with van der Waals surface area (Å²) in [6, 6.07) is -1.14. The quantitative estimate of drug-likeness (QED) is 0.344. The van der Waals surface area contributed by atoms with E-state index in [-0.39, 0.29) is 0 Å². The van der Waals surface area contributed by atoms with E-state index in [4.69, 9.17) is 16.6 Å². The Morgan fingerprint density at radius 1 is 1.73 bits per heavy atom. The Labute approximate surface area is 64.0 Å². The van der Waals surface area contributed by atoms with Crippen LogP contribution in [0.2, 0.25) is 0 Å². The van der Waals surface area contributed by atoms with E-state index in [0.717, 1.165) is 7.11 Å². The van der Waals surface area contributed by atoms with Crippen LogP contribution in [-0.2, 0) is 4.74 Å². The standard InChI is InChI=1S/C6H9NO4/c1-3-4(5(8)9)7-6(10)11-2/h1,4-5,8-9H,2H3,(H,7,10)/t4-/m0/s1. The number of nitrogens with one attached hydrogen (secondary N) is 1. The van der Waals surface area contributed by atoms with Crippen molar-refractivity contribution in [3.05, 3.63) is 0 Å². The maximum absolute atomic E-state index is 10.4. The van der Waals surface area contributed by atoms with Crippen LogP contribution in [0.15, 0.2) is 0 Å². The zero-order valence-corrected chi connectivity index (χ0v) is 5.94. The minimum atomic E-state index is -1.78. The maximum Gasteiger partial charge on any atom is 0.408 e. The van der Waals surface area contributed by atoms with Gasteiger partial charge in [0.15, 0.2) is 6.29 Å². The summed E-state index contributed by atoms with van der Waals surface area (Å²) >= 11 is 0. The molecule has 5 nitrogen and oxygen atoms in total. The molecule has 0 saturated heterocycles. The second-order valence-electron chi connectivity index (χ2n) is 1.69. The van der Waals surface area contributed by atoms with Crippen LogP contribution in [0.5, 0.6) is 0 Å². The number of rotatable bonds is 2. The molecule has 0 spiro atoms. The minimum absolute atomic E-state index is 0.805. The lowest BCUT2D eigenvalue weighted by atomic mass is 10.3. The molecule has 0 fully saturated rings. The number of hydrogen-bond acceptors (Lipinski definition) is 4. The molecule has 3 N–H and O–H groups in total. The summed E-state index contributed by atoms with van der Waals surface area (Å²) in [6.07, 6.45) is 2.25. The second-order valence-corrected chi connectivity index (χ2v) is 1.69. The van der Waals surface area contributed by atoms with E-state index in [9.17, 15) is 4.79 Å². The first-order valence-electron chi connectivity index (χ1n) is 2.78. The monoisotopic (exact) mass is 159 g/mol. The number of methoxy groups -OCH3 is 1. The van der Waals surface area contributed by atoms with Crippen molar-refractivity contribution in [1.29, 1.82) is 0 Å². The molecule has 0 aromatic carbocycles. The van der Waals surface area contributed by atoms with E-state index in [1.807, 2.05) is 11.2 Å². The first-order valence-corrected chi connectivity index (χ1v) is 2.78. The third-order valence-electron chi connectivity index (χ3n) is 0.936. The Bertz CT molecular complexity index is 172. The summed E-state index contributed by atoms with van der Waals surface area (Å²) in [5, 5.41) is 19.0. The molecule has 5 heteroatoms. The van der Waals surface area contributed by atoms with Crippen LogP contribution >= 0.6 is 0 Å². The number of carbonyl (C=O) groups is 1. The Balaban J connectivity index is 3.91. The van der Waals surface area contributed by atoms with Crippen molar-refractivity contribution in [2.75, 3.05) is 7.11 Å². The van der Waals surface area contributed by atoms with Gasteiger partial charge in [0, 0.05) is 0 Å². The van der Waals surface area contributed by atoms with Crippen LogP contribution in [0.1, 0.15) is 0 Å². The highest BCUT2D eigenvalue weighted by Crippen LogP contribution is 1.87. The molecule has 0 rings (SSSR count). The lowest BCUT2D eigenvalue weighted by Crippen LogP contribution is -2.42. The van der Waals surface area contributed by atoms with Gasteiger partial charge in [0.05, 0.1) is 7.11 Å². The molecule has 0 aromatic heterocycles. The molecule has 0 heterocycles. The summed E-state index contributed by atoms with van der Waals surface area (Å²) in [5.74, 6) is 1.95. The van der Waals surface area contributed by atoms with Gasteiger partial charge in [-0.3, -0.25) is 0 Å². The van der Waals surface area contributed by atoms with Crippen LogP contribution in [0, 0.1) is 12.3 Å². The fourth-order valence-electron chi connectivity index (χ4n) is 0.388. The molecule has 0 radical (unpaired) electrons. The van der Waals surface area contributed by atoms with E-state index in [2.05, 4.69) is 4.74 Å². The average Bonchev–Trinajstić information content (AvgIpc) is 1.99. The Hall–Kier alpha value is -1.25. The van der Waals surface area contributed by atoms with E-state index in [0.29, 0.717) is 0 Å². The lowest BCUT2D eigenvalue weighted by molar-refractivity contribution is -0.0524. The van der Waals surface area contributed by atoms with Crippen LogP contribution in [-0.4, -0.2) is 35.7 Å². The summed E-state index contributed by atoms with van der Waals surface area (Å²) in [4.78, 5) is 10.4. The third-order valence-corrected chi connectivity index (χ3v) is 0.936. The van der Waals surface area contributed by atoms with Gasteiger partial charge in [-0.15, -0.1) is 6.42 Å². The van der Waals surface area contributed by atoms with Gasteiger partial charge in [-0.05, 0) is 0 Å². The lowest BCUT2D eigenvalue weighted by Gasteiger charge is -2.12. The molecule has 62 valence electrons. The molecule has 11 heavy (non-hydrogen) atoms. The normalized spacial score (nSPS) is 11.9. The smallest absolute Gasteiger partial charge is 0.408 e. The van der Waals surface area contributed by atoms with Crippen molar-refractivity contribution in [2.45, 2.75) is 12.3 Å². The molecule has 0 aliphatic heterocycles. The summed E-state index contributed by atoms with van der Waals surface area (Å²) in [5.41, 5.74) is 0. The Morgan fingerprint density at radius 3 is 2.55 bits per heavy atom. The molecule has 0 unspecified atom stereocenters. The Kier molecular flexibility index (Phi) is 4.03. The average molecular weight is 159 g/mol. The van der Waals surface area contributed by atoms with E-state index in [1.54, 1.807) is 0 Å². The number of alkyl carbamates (subject to hydrolysis) is 1. The minimum Gasteiger partial charge on any atom is -0.453 e. The van der Waals surface area contributed by atoms with Gasteiger partial charge in [-0.2, -0.15) is 0 Å². The fraction of sp³-hybridized carbons (Fsp3) is 0.500. The van der Waals surface area contributed by atoms with Gasteiger partial charge in [-0.1, -0.05) is 5.92 Å². The van der Waals surface area contributed by atoms with Crippen molar-refractivity contribution in [1.82, 2.24) is 5.32 Å². The highest BCUT2D eigenvalue weighted by Gasteiger charge is 2.15. The largest absolute Gasteiger partial charge is 0.453 e. The SMILES string of the molecule is C#C[C@H](NC(=O)OC)C(O)O. The van der Waals surface area contributed by atoms with E-state index < -0.39 is 18.4 Å². The summed E-state index contributed by atoms with van der Waals surface area (Å²) < 4.78 is 4.16. The van der Waals surface area contributed by atoms with Crippen molar-refractivity contribution < 1.29 is 19.7 Å². The van der Waals surface area contributed by atoms with Crippen LogP contribution in [0.4, 0.5) is 4.79 Å². The summed E-state index contributed by atoms with van der Waals surface area (Å²) in [7, 11) is 1.15. The zero-order valence-electron chi connectivity index (χ0n) is 5.94. The number of aliphatic hydroxyl groups excluding tert-OH is 1. The Morgan fingerprint density at radius 2 is 2.27 bits per heavy atom. The van der Waals surface area contributed by atoms with Crippen LogP contribution in [0.25, 0.3) is 0 Å². The molecular formula is C6H9NO4. The van der Waals surface area contributed by atoms with Gasteiger partial charge >= 0.3 is 6.09 Å². The predicted octanol–water partition coefficient (Wildman–Crippen LogP) is -1.35. The van der Waals surface area contributed by atoms with Gasteiger partial charge in [-0.25, -0.2) is 4.79 Å². The molecule has 0 aliphatic rings. The molecule has 0 aliphatic carbocycles. The number of carbonyl (C=O) groups excluding carboxylic acids is 1. The van der Waals surface area contributed by atoms with Crippen molar-refractivity contribution in [2.24, 2.45) is 0 Å². The number of hydrogen-bond donors (Lipinski definition) is 3. The van der Waals surface area contributed by atoms with Crippen molar-refractivity contribution >= 4 is 6.09 Å². The van der Waals surface area contributed by atoms with Gasteiger partial charge in [0.25, 0.3) is 0 Å². The first-order chi connectivity index (χ1) is 5.11. The van der Waals surface area contributed by atoms with Crippen molar-refractivity contribution in [3.63, 3.8) is 0 Å². The number of amides is 1. The molecule has 0 aromatic rings. The van der Waals surface area contributed by atoms with Gasteiger partial charge in [0.2, 0.25) is 0 Å². The molecule has 0 saturated carbocycles. The number of ether oxygens (including phenoxy) is 1. The molecule has 0 bridgehead atoms. The third kappa shape index (κ3) is 3.45. The van der Waals surface area contributed by atoms with Gasteiger partial charge < -0.3 is 20.3 Å². The molecule has 1 amide bonds. The second kappa shape index (κ2) is 4.55. The fourth-order valence-corrected chi connectivity index (χ4v) is 0.388. The maximum atomic E-state index is 10.4. The zero-order chi connectivity index (χ0) is 8.85. The molecule has 1 atom stereocenters. The topological polar surface area (TPSA) is 78.8 Å². The van der Waals surface area contributed by atoms with E-state index >= 15 is 0 Å². The van der Waals surface area contributed by atoms with Crippen LogP contribution in [0.3, 0.4) is 0 Å². The summed E-state index contributed by atoms with van der Waals surface area (Å²) in [6.45, 7) is 0. The highest BCUT2D eigenvalue weighted by atomic mass is 16.5. The molecular weight excluding hydrogens is 150 g/mol. The van der Waals surface area contributed by atoms with E-state index in [1.165, 1.54) is 0 Å². The van der Waals surface area contributed by atoms with Gasteiger partial charge in [0.1, 0.15) is 6.04 Å². The van der Waals surface area contributed by atoms with Crippen LogP contribution < -0.4 is 5.32 Å². The first kappa shape index (κ1) is 9.75. The number of aliphatic hydroxyl groups is 2. The highest BCUT2D eigenvalue weighted by molar-refractivity contribution is 5.67. The number of terminal acetylenes is 1.